The third-order valence-electron chi connectivity index (χ3n) is 5.14. The van der Waals surface area contributed by atoms with E-state index in [1.165, 1.54) is 44.7 Å². The summed E-state index contributed by atoms with van der Waals surface area (Å²) in [6.07, 6.45) is 1.48. The summed E-state index contributed by atoms with van der Waals surface area (Å²) in [5.74, 6) is 0.185. The van der Waals surface area contributed by atoms with Crippen LogP contribution in [0.1, 0.15) is 5.56 Å². The van der Waals surface area contributed by atoms with E-state index in [9.17, 15) is 13.2 Å². The van der Waals surface area contributed by atoms with Crippen molar-refractivity contribution in [1.82, 2.24) is 5.43 Å². The van der Waals surface area contributed by atoms with Crippen molar-refractivity contribution < 1.29 is 22.7 Å². The fourth-order valence-electron chi connectivity index (χ4n) is 3.32. The topological polar surface area (TPSA) is 101 Å². The molecule has 3 aromatic carbocycles. The highest BCUT2D eigenvalue weighted by Crippen LogP contribution is 2.32. The minimum Gasteiger partial charge on any atom is -0.497 e. The highest BCUT2D eigenvalue weighted by molar-refractivity contribution is 9.10. The molecule has 0 radical (unpaired) electrons. The van der Waals surface area contributed by atoms with Gasteiger partial charge >= 0.3 is 0 Å². The molecule has 0 bridgehead atoms. The van der Waals surface area contributed by atoms with Gasteiger partial charge in [-0.05, 0) is 70.0 Å². The lowest BCUT2D eigenvalue weighted by Crippen LogP contribution is -2.39. The Bertz CT molecular complexity index is 1340. The van der Waals surface area contributed by atoms with Crippen LogP contribution in [-0.2, 0) is 14.8 Å². The summed E-state index contributed by atoms with van der Waals surface area (Å²) < 4.78 is 39.5. The van der Waals surface area contributed by atoms with E-state index >= 15 is 0 Å². The van der Waals surface area contributed by atoms with E-state index in [1.807, 2.05) is 37.2 Å². The van der Waals surface area contributed by atoms with E-state index in [-0.39, 0.29) is 10.6 Å². The molecule has 0 saturated carbocycles. The minimum absolute atomic E-state index is 0.00339. The molecule has 0 aromatic heterocycles. The first-order chi connectivity index (χ1) is 17.2. The predicted octanol–water partition coefficient (Wildman–Crippen LogP) is 3.88. The molecule has 9 nitrogen and oxygen atoms in total. The van der Waals surface area contributed by atoms with Crippen LogP contribution in [0.25, 0.3) is 0 Å². The Kier molecular flexibility index (Phi) is 8.94. The number of nitrogens with one attached hydrogen (secondary N) is 1. The summed E-state index contributed by atoms with van der Waals surface area (Å²) in [5.41, 5.74) is 4.37. The van der Waals surface area contributed by atoms with Gasteiger partial charge in [-0.1, -0.05) is 18.2 Å². The first-order valence-corrected chi connectivity index (χ1v) is 13.0. The Balaban J connectivity index is 1.85. The van der Waals surface area contributed by atoms with Crippen molar-refractivity contribution >= 4 is 49.4 Å². The van der Waals surface area contributed by atoms with Crippen LogP contribution >= 0.6 is 15.9 Å². The third kappa shape index (κ3) is 6.35. The maximum absolute atomic E-state index is 13.6. The molecular weight excluding hydrogens is 548 g/mol. The Hall–Kier alpha value is -3.57. The van der Waals surface area contributed by atoms with E-state index in [0.29, 0.717) is 11.5 Å². The zero-order valence-corrected chi connectivity index (χ0v) is 22.7. The van der Waals surface area contributed by atoms with Gasteiger partial charge in [0.25, 0.3) is 15.9 Å². The van der Waals surface area contributed by atoms with Crippen LogP contribution in [0.4, 0.5) is 11.4 Å². The number of para-hydroxylation sites is 2. The Morgan fingerprint density at radius 3 is 2.31 bits per heavy atom. The van der Waals surface area contributed by atoms with Crippen molar-refractivity contribution in [2.45, 2.75) is 4.90 Å². The van der Waals surface area contributed by atoms with Gasteiger partial charge in [-0.25, -0.2) is 13.8 Å². The summed E-state index contributed by atoms with van der Waals surface area (Å²) in [6, 6.07) is 18.1. The van der Waals surface area contributed by atoms with Crippen LogP contribution in [0.2, 0.25) is 0 Å². The molecule has 0 unspecified atom stereocenters. The first kappa shape index (κ1) is 27.0. The second-order valence-electron chi connectivity index (χ2n) is 7.76. The van der Waals surface area contributed by atoms with Gasteiger partial charge in [0.15, 0.2) is 0 Å². The Morgan fingerprint density at radius 1 is 1.00 bits per heavy atom. The number of halogens is 1. The molecular formula is C25H27BrN4O5S. The largest absolute Gasteiger partial charge is 0.497 e. The number of rotatable bonds is 10. The van der Waals surface area contributed by atoms with Gasteiger partial charge in [0.2, 0.25) is 0 Å². The molecule has 1 amide bonds. The molecule has 0 heterocycles. The van der Waals surface area contributed by atoms with E-state index in [1.54, 1.807) is 24.3 Å². The highest BCUT2D eigenvalue weighted by Gasteiger charge is 2.29. The van der Waals surface area contributed by atoms with Gasteiger partial charge < -0.3 is 14.4 Å². The summed E-state index contributed by atoms with van der Waals surface area (Å²) in [4.78, 5) is 14.8. The van der Waals surface area contributed by atoms with Gasteiger partial charge in [-0.15, -0.1) is 0 Å². The number of anilines is 2. The number of ether oxygens (including phenoxy) is 2. The lowest BCUT2D eigenvalue weighted by atomic mass is 10.2. The standard InChI is InChI=1S/C25H27BrN4O5S/c1-29(2)22-14-9-18(15-21(22)26)16-27-28-25(31)17-30(23-7-5-6-8-24(23)35-4)36(32,33)20-12-10-19(34-3)11-13-20/h5-16H,17H2,1-4H3,(H,28,31)/b27-16-. The number of carbonyl (C=O) groups is 1. The molecule has 0 fully saturated rings. The predicted molar refractivity (Wildman–Crippen MR) is 145 cm³/mol. The normalized spacial score (nSPS) is 11.2. The van der Waals surface area contributed by atoms with Crippen molar-refractivity contribution in [2.75, 3.05) is 44.1 Å². The smallest absolute Gasteiger partial charge is 0.264 e. The monoisotopic (exact) mass is 574 g/mol. The van der Waals surface area contributed by atoms with Crippen molar-refractivity contribution in [3.8, 4) is 11.5 Å². The van der Waals surface area contributed by atoms with Gasteiger partial charge in [0.1, 0.15) is 18.0 Å². The molecule has 3 aromatic rings. The number of hydrazone groups is 1. The van der Waals surface area contributed by atoms with Crippen molar-refractivity contribution in [2.24, 2.45) is 5.10 Å². The fraction of sp³-hybridized carbons (Fsp3) is 0.200. The summed E-state index contributed by atoms with van der Waals surface area (Å²) >= 11 is 3.51. The number of amides is 1. The number of benzene rings is 3. The van der Waals surface area contributed by atoms with E-state index in [2.05, 4.69) is 26.5 Å². The quantitative estimate of drug-likeness (QED) is 0.291. The number of sulfonamides is 1. The van der Waals surface area contributed by atoms with Crippen LogP contribution < -0.4 is 24.1 Å². The molecule has 3 rings (SSSR count). The van der Waals surface area contributed by atoms with Crippen molar-refractivity contribution in [3.63, 3.8) is 0 Å². The highest BCUT2D eigenvalue weighted by atomic mass is 79.9. The molecule has 0 atom stereocenters. The van der Waals surface area contributed by atoms with Crippen LogP contribution in [0.5, 0.6) is 11.5 Å². The molecule has 0 aliphatic heterocycles. The van der Waals surface area contributed by atoms with E-state index in [0.717, 1.165) is 20.0 Å². The lowest BCUT2D eigenvalue weighted by Gasteiger charge is -2.25. The summed E-state index contributed by atoms with van der Waals surface area (Å²) in [7, 11) is 2.66. The average Bonchev–Trinajstić information content (AvgIpc) is 2.87. The Morgan fingerprint density at radius 2 is 1.69 bits per heavy atom. The van der Waals surface area contributed by atoms with Crippen LogP contribution in [0.15, 0.2) is 81.2 Å². The van der Waals surface area contributed by atoms with E-state index < -0.39 is 22.5 Å². The van der Waals surface area contributed by atoms with Crippen LogP contribution in [-0.4, -0.2) is 55.4 Å². The second-order valence-corrected chi connectivity index (χ2v) is 10.5. The number of hydrogen-bond acceptors (Lipinski definition) is 7. The summed E-state index contributed by atoms with van der Waals surface area (Å²) in [5, 5.41) is 4.00. The van der Waals surface area contributed by atoms with Crippen molar-refractivity contribution in [3.05, 3.63) is 76.8 Å². The lowest BCUT2D eigenvalue weighted by molar-refractivity contribution is -0.119. The van der Waals surface area contributed by atoms with E-state index in [4.69, 9.17) is 9.47 Å². The maximum Gasteiger partial charge on any atom is 0.264 e. The molecule has 1 N–H and O–H groups in total. The SMILES string of the molecule is COc1ccc(S(=O)(=O)N(CC(=O)N/N=C\c2ccc(N(C)C)c(Br)c2)c2ccccc2OC)cc1. The van der Waals surface area contributed by atoms with Gasteiger partial charge in [0.05, 0.1) is 36.7 Å². The minimum atomic E-state index is -4.13. The molecule has 0 spiro atoms. The second kappa shape index (κ2) is 11.9. The third-order valence-corrected chi connectivity index (χ3v) is 7.55. The van der Waals surface area contributed by atoms with Crippen molar-refractivity contribution in [1.29, 1.82) is 0 Å². The van der Waals surface area contributed by atoms with Crippen LogP contribution in [0, 0.1) is 0 Å². The number of carbonyl (C=O) groups excluding carboxylic acids is 1. The fourth-order valence-corrected chi connectivity index (χ4v) is 5.50. The molecule has 0 saturated heterocycles. The Labute approximate surface area is 219 Å². The van der Waals surface area contributed by atoms with Gasteiger partial charge in [-0.3, -0.25) is 9.10 Å². The zero-order valence-electron chi connectivity index (χ0n) is 20.3. The molecule has 36 heavy (non-hydrogen) atoms. The molecule has 0 aliphatic rings. The number of hydrogen-bond donors (Lipinski definition) is 1. The molecule has 11 heteroatoms. The molecule has 0 aliphatic carbocycles. The molecule has 190 valence electrons. The average molecular weight is 575 g/mol. The van der Waals surface area contributed by atoms with Gasteiger partial charge in [0, 0.05) is 18.6 Å². The van der Waals surface area contributed by atoms with Gasteiger partial charge in [-0.2, -0.15) is 5.10 Å². The number of nitrogens with zero attached hydrogens (tertiary/aromatic N) is 3. The first-order valence-electron chi connectivity index (χ1n) is 10.8. The van der Waals surface area contributed by atoms with Crippen LogP contribution in [0.3, 0.4) is 0 Å². The number of methoxy groups -OCH3 is 2. The summed E-state index contributed by atoms with van der Waals surface area (Å²) in [6.45, 7) is -0.519. The maximum atomic E-state index is 13.6. The zero-order chi connectivity index (χ0) is 26.3.